The monoisotopic (exact) mass is 1010 g/mol. The van der Waals surface area contributed by atoms with E-state index in [0.717, 1.165) is 66.7 Å². The molecule has 1 aliphatic carbocycles. The second-order valence-electron chi connectivity index (χ2n) is 16.8. The van der Waals surface area contributed by atoms with Crippen LogP contribution >= 0.6 is 0 Å². The van der Waals surface area contributed by atoms with Crippen molar-refractivity contribution in [3.05, 3.63) is 114 Å². The van der Waals surface area contributed by atoms with E-state index in [1.165, 1.54) is 26.2 Å². The van der Waals surface area contributed by atoms with E-state index in [1.807, 2.05) is 72.2 Å². The van der Waals surface area contributed by atoms with Crippen LogP contribution in [0.5, 0.6) is 11.5 Å². The zero-order valence-electron chi connectivity index (χ0n) is 42.2. The molecule has 0 radical (unpaired) electrons. The van der Waals surface area contributed by atoms with Gasteiger partial charge in [0.25, 0.3) is 5.91 Å². The number of fused-ring (bicyclic) bond motifs is 2. The lowest BCUT2D eigenvalue weighted by Crippen LogP contribution is -2.40. The average molecular weight is 1010 g/mol. The van der Waals surface area contributed by atoms with Gasteiger partial charge in [-0.3, -0.25) is 14.4 Å². The lowest BCUT2D eigenvalue weighted by atomic mass is 9.87. The van der Waals surface area contributed by atoms with Crippen LogP contribution in [-0.4, -0.2) is 130 Å². The molecular weight excluding hydrogens is 955 g/mol. The first-order chi connectivity index (χ1) is 35.9. The van der Waals surface area contributed by atoms with Gasteiger partial charge in [0.2, 0.25) is 5.36 Å². The highest BCUT2D eigenvalue weighted by Gasteiger charge is 2.30. The molecule has 19 heteroatoms. The van der Waals surface area contributed by atoms with Crippen molar-refractivity contribution in [3.63, 3.8) is 0 Å². The number of anilines is 4. The van der Waals surface area contributed by atoms with E-state index < -0.39 is 17.8 Å². The molecule has 1 amide bonds. The fourth-order valence-electron chi connectivity index (χ4n) is 8.66. The summed E-state index contributed by atoms with van der Waals surface area (Å²) < 4.78 is 37.0. The van der Waals surface area contributed by atoms with Crippen LogP contribution in [0.4, 0.5) is 22.7 Å². The molecule has 0 saturated carbocycles. The van der Waals surface area contributed by atoms with Crippen molar-refractivity contribution in [2.75, 3.05) is 114 Å². The molecule has 3 aliphatic heterocycles. The van der Waals surface area contributed by atoms with Crippen LogP contribution in [0, 0.1) is 0 Å². The summed E-state index contributed by atoms with van der Waals surface area (Å²) in [5.41, 5.74) is 5.84. The maximum Gasteiger partial charge on any atom is 0.373 e. The van der Waals surface area contributed by atoms with E-state index in [9.17, 15) is 14.4 Å². The van der Waals surface area contributed by atoms with Gasteiger partial charge in [0.1, 0.15) is 62.2 Å². The first kappa shape index (κ1) is 54.5. The third kappa shape index (κ3) is 12.4. The Morgan fingerprint density at radius 1 is 0.662 bits per heavy atom. The minimum atomic E-state index is -0.588. The van der Waals surface area contributed by atoms with Crippen LogP contribution < -0.4 is 39.0 Å². The zero-order valence-corrected chi connectivity index (χ0v) is 42.2. The highest BCUT2D eigenvalue weighted by atomic mass is 16.5. The maximum absolute atomic E-state index is 15.2. The Bertz CT molecular complexity index is 3080. The number of para-hydroxylation sites is 2. The van der Waals surface area contributed by atoms with Crippen molar-refractivity contribution < 1.29 is 66.5 Å². The summed E-state index contributed by atoms with van der Waals surface area (Å²) >= 11 is 0. The van der Waals surface area contributed by atoms with Gasteiger partial charge in [-0.05, 0) is 74.9 Å². The van der Waals surface area contributed by atoms with Crippen molar-refractivity contribution in [1.82, 2.24) is 4.58 Å². The fraction of sp³-hybridized carbons (Fsp3) is 0.327. The van der Waals surface area contributed by atoms with Crippen LogP contribution in [0.15, 0.2) is 101 Å². The molecule has 0 atom stereocenters. The number of carbonyl (C=O) groups is 4. The number of esters is 3. The minimum Gasteiger partial charge on any atom is -0.488 e. The van der Waals surface area contributed by atoms with E-state index in [-0.39, 0.29) is 55.7 Å². The van der Waals surface area contributed by atoms with E-state index in [0.29, 0.717) is 58.4 Å². The van der Waals surface area contributed by atoms with Gasteiger partial charge in [0.15, 0.2) is 0 Å². The Balaban J connectivity index is 0.00000142. The Hall–Kier alpha value is -8.79. The molecule has 8 rings (SSSR count). The molecule has 74 heavy (non-hydrogen) atoms. The molecule has 0 aromatic heterocycles. The van der Waals surface area contributed by atoms with Crippen LogP contribution in [0.25, 0.3) is 33.4 Å². The Kier molecular flexibility index (Phi) is 19.2. The number of methoxy groups -OCH3 is 3. The number of nitrogens with zero attached hydrogens (tertiary/aromatic N) is 5. The molecule has 0 N–H and O–H groups in total. The normalized spacial score (nSPS) is 12.2. The molecular formula is C55H58N5O14+. The van der Waals surface area contributed by atoms with Gasteiger partial charge in [0.05, 0.1) is 50.8 Å². The number of hydrogen-bond donors (Lipinski definition) is 0. The second kappa shape index (κ2) is 26.1. The zero-order chi connectivity index (χ0) is 53.3. The van der Waals surface area contributed by atoms with Crippen molar-refractivity contribution >= 4 is 69.8 Å². The molecule has 0 bridgehead atoms. The van der Waals surface area contributed by atoms with Crippen LogP contribution in [0.1, 0.15) is 47.4 Å². The number of ether oxygens (including phenoxy) is 5. The topological polar surface area (TPSA) is 212 Å². The highest BCUT2D eigenvalue weighted by molar-refractivity contribution is 6.17. The van der Waals surface area contributed by atoms with E-state index >= 15 is 4.79 Å². The quantitative estimate of drug-likeness (QED) is 0.0320. The van der Waals surface area contributed by atoms with Crippen LogP contribution in [0.3, 0.4) is 0 Å². The number of rotatable bonds is 18. The number of likely N-dealkylation sites (N-methyl/N-ethyl adjacent to an activating group) is 2. The molecule has 19 nitrogen and oxygen atoms in total. The third-order valence-electron chi connectivity index (χ3n) is 12.7. The van der Waals surface area contributed by atoms with Gasteiger partial charge < -0.3 is 47.7 Å². The van der Waals surface area contributed by atoms with Crippen LogP contribution in [-0.2, 0) is 43.0 Å². The molecule has 0 spiro atoms. The molecule has 2 fully saturated rings. The summed E-state index contributed by atoms with van der Waals surface area (Å²) in [4.78, 5) is 93.8. The minimum absolute atomic E-state index is 0.0393. The number of benzene rings is 5. The molecule has 0 unspecified atom stereocenters. The largest absolute Gasteiger partial charge is 0.488 e. The Morgan fingerprint density at radius 2 is 1.28 bits per heavy atom. The summed E-state index contributed by atoms with van der Waals surface area (Å²) in [5, 5.41) is 1.78. The predicted octanol–water partition coefficient (Wildman–Crippen LogP) is 5.94. The van der Waals surface area contributed by atoms with Crippen molar-refractivity contribution in [1.29, 1.82) is 0 Å². The maximum atomic E-state index is 15.2. The lowest BCUT2D eigenvalue weighted by Gasteiger charge is -2.33. The molecule has 4 aromatic rings. The summed E-state index contributed by atoms with van der Waals surface area (Å²) in [5.74, 6) is -0.192. The van der Waals surface area contributed by atoms with Gasteiger partial charge in [0, 0.05) is 90.4 Å². The number of amides is 1. The predicted molar refractivity (Wildman–Crippen MR) is 272 cm³/mol. The van der Waals surface area contributed by atoms with Crippen molar-refractivity contribution in [2.24, 2.45) is 0 Å². The summed E-state index contributed by atoms with van der Waals surface area (Å²) in [6, 6.07) is 30.1. The summed E-state index contributed by atoms with van der Waals surface area (Å²) in [6.45, 7) is 8.91. The molecule has 3 heterocycles. The molecule has 4 aromatic carbocycles. The molecule has 4 aliphatic rings. The number of hydrogen-bond acceptors (Lipinski definition) is 17. The van der Waals surface area contributed by atoms with Gasteiger partial charge in [-0.2, -0.15) is 19.2 Å². The molecule has 386 valence electrons. The van der Waals surface area contributed by atoms with Crippen molar-refractivity contribution in [2.45, 2.75) is 26.7 Å². The molecule has 2 saturated heterocycles. The fourth-order valence-corrected chi connectivity index (χ4v) is 8.66. The average Bonchev–Trinajstić information content (AvgIpc) is 3.38. The number of carbonyl (C=O) groups excluding carboxylic acids is 8. The van der Waals surface area contributed by atoms with Gasteiger partial charge >= 0.3 is 30.2 Å². The van der Waals surface area contributed by atoms with E-state index in [1.54, 1.807) is 43.4 Å². The van der Waals surface area contributed by atoms with Gasteiger partial charge in [-0.25, -0.2) is 9.37 Å². The highest BCUT2D eigenvalue weighted by Crippen LogP contribution is 2.45. The Morgan fingerprint density at radius 3 is 1.86 bits per heavy atom. The summed E-state index contributed by atoms with van der Waals surface area (Å²) in [6.07, 6.45) is 2.73. The first-order valence-corrected chi connectivity index (χ1v) is 23.8. The van der Waals surface area contributed by atoms with E-state index in [4.69, 9.17) is 47.3 Å². The van der Waals surface area contributed by atoms with E-state index in [2.05, 4.69) is 21.6 Å². The Labute approximate surface area is 427 Å². The second-order valence-corrected chi connectivity index (χ2v) is 16.8. The summed E-state index contributed by atoms with van der Waals surface area (Å²) in [7, 11) is 5.70. The SMILES string of the molecule is CCN(CC(=O)OC)c1ccccc1OCCOc1cc(N(C)C(=O)c2cccc(C(=O)OC)c2-c2c3ccc(=[N+]4CCC4)cc-3oc3cc(N4CCC4)ccc23)ccc1N(CC)CC(=O)OC.O=C=O.O=C=O. The standard InChI is InChI=1S/C53H58N5O10.2CO2/c1-7-55(33-48(59)63-4)42-16-9-10-17-44(42)66-28-29-67-47-30-35(20-23-43(47)56(8-2)34-49(60)64-5)54(3)52(61)40-14-11-15-41(53(62)65-6)51(40)50-38-21-18-36(57-24-12-25-57)31-45(38)68-46-32-37(19-22-39(46)50)58-26-13-27-58;2*2-1-3/h9-11,14-23,30-32H,7-8,12-13,24-29,33-34H2,1-6H3;;/q+1;;. The van der Waals surface area contributed by atoms with Gasteiger partial charge in [-0.15, -0.1) is 0 Å². The van der Waals surface area contributed by atoms with Crippen molar-refractivity contribution in [3.8, 4) is 33.9 Å². The smallest absolute Gasteiger partial charge is 0.373 e. The third-order valence-corrected chi connectivity index (χ3v) is 12.7. The van der Waals surface area contributed by atoms with Crippen LogP contribution in [0.2, 0.25) is 0 Å². The lowest BCUT2D eigenvalue weighted by molar-refractivity contribution is -0.193. The van der Waals surface area contributed by atoms with Gasteiger partial charge in [-0.1, -0.05) is 18.2 Å². The first-order valence-electron chi connectivity index (χ1n) is 23.8.